The van der Waals surface area contributed by atoms with Gasteiger partial charge < -0.3 is 11.1 Å². The van der Waals surface area contributed by atoms with Crippen LogP contribution in [0, 0.1) is 13.8 Å². The quantitative estimate of drug-likeness (QED) is 0.318. The Kier molecular flexibility index (Phi) is 7.32. The number of carbonyl (C=O) groups excluding carboxylic acids is 2. The lowest BCUT2D eigenvalue weighted by molar-refractivity contribution is -0.165. The molecule has 3 heterocycles. The van der Waals surface area contributed by atoms with Crippen molar-refractivity contribution in [3.8, 4) is 5.82 Å². The molecule has 17 heteroatoms. The zero-order chi connectivity index (χ0) is 29.6. The Morgan fingerprint density at radius 1 is 1.00 bits per heavy atom. The van der Waals surface area contributed by atoms with E-state index in [1.807, 2.05) is 0 Å². The number of primary amides is 1. The number of hydrogen-bond acceptors (Lipinski definition) is 6. The maximum Gasteiger partial charge on any atom is 0.437 e. The summed E-state index contributed by atoms with van der Waals surface area (Å²) in [5, 5.41) is 12.6. The predicted octanol–water partition coefficient (Wildman–Crippen LogP) is 4.57. The molecule has 4 rings (SSSR count). The number of pyridine rings is 1. The molecule has 1 aromatic carbocycles. The number of carbonyl (C=O) groups is 2. The van der Waals surface area contributed by atoms with Gasteiger partial charge in [0.25, 0.3) is 11.8 Å². The first-order valence-corrected chi connectivity index (χ1v) is 11.5. The number of hydrogen-bond donors (Lipinski definition) is 2. The normalized spacial score (nSPS) is 12.0. The fourth-order valence-electron chi connectivity index (χ4n) is 3.81. The van der Waals surface area contributed by atoms with Gasteiger partial charge in [0.15, 0.2) is 17.2 Å². The summed E-state index contributed by atoms with van der Waals surface area (Å²) >= 11 is 6.20. The highest BCUT2D eigenvalue weighted by Crippen LogP contribution is 2.38. The Bertz CT molecular complexity index is 1590. The van der Waals surface area contributed by atoms with Crippen LogP contribution in [0.1, 0.15) is 49.1 Å². The molecular formula is C23H17ClF6N8O2. The summed E-state index contributed by atoms with van der Waals surface area (Å²) in [4.78, 5) is 29.6. The number of halogens is 7. The van der Waals surface area contributed by atoms with Gasteiger partial charge in [-0.2, -0.15) is 36.2 Å². The molecule has 0 radical (unpaired) electrons. The van der Waals surface area contributed by atoms with E-state index in [0.29, 0.717) is 11.1 Å². The second-order valence-electron chi connectivity index (χ2n) is 8.49. The molecular weight excluding hydrogens is 570 g/mol. The van der Waals surface area contributed by atoms with E-state index >= 15 is 0 Å². The van der Waals surface area contributed by atoms with Gasteiger partial charge in [0.05, 0.1) is 22.0 Å². The predicted molar refractivity (Wildman–Crippen MR) is 128 cm³/mol. The van der Waals surface area contributed by atoms with Gasteiger partial charge in [0, 0.05) is 6.20 Å². The molecule has 10 nitrogen and oxygen atoms in total. The number of anilines is 1. The summed E-state index contributed by atoms with van der Waals surface area (Å²) in [6.45, 7) is 2.55. The minimum absolute atomic E-state index is 0.00751. The summed E-state index contributed by atoms with van der Waals surface area (Å²) in [5.74, 6) is -1.76. The van der Waals surface area contributed by atoms with Crippen LogP contribution in [0.5, 0.6) is 0 Å². The Morgan fingerprint density at radius 3 is 2.17 bits per heavy atom. The fourth-order valence-corrected chi connectivity index (χ4v) is 4.02. The standard InChI is InChI=1S/C23H17ClF6N8O2/c1-10-6-11(2)16(13(7-10)19(31)39)33-21(40)15-8-12(34-38(15)20-14(24)4-3-5-32-20)9-37-35-17(22(25,26)27)18(36-37)23(28,29)30/h3-8H,9H2,1-2H3,(H2,31,39)(H,33,40). The van der Waals surface area contributed by atoms with Gasteiger partial charge in [0.2, 0.25) is 0 Å². The smallest absolute Gasteiger partial charge is 0.366 e. The first-order chi connectivity index (χ1) is 18.6. The lowest BCUT2D eigenvalue weighted by Gasteiger charge is -2.14. The van der Waals surface area contributed by atoms with Crippen molar-refractivity contribution in [3.05, 3.63) is 81.0 Å². The zero-order valence-electron chi connectivity index (χ0n) is 20.4. The van der Waals surface area contributed by atoms with Crippen LogP contribution in [-0.2, 0) is 18.9 Å². The van der Waals surface area contributed by atoms with Gasteiger partial charge in [-0.15, -0.1) is 10.2 Å². The maximum atomic E-state index is 13.4. The summed E-state index contributed by atoms with van der Waals surface area (Å²) in [6, 6.07) is 7.12. The summed E-state index contributed by atoms with van der Waals surface area (Å²) in [5.41, 5.74) is 1.81. The number of aromatic nitrogens is 6. The van der Waals surface area contributed by atoms with Crippen LogP contribution in [0.4, 0.5) is 32.0 Å². The zero-order valence-corrected chi connectivity index (χ0v) is 21.2. The van der Waals surface area contributed by atoms with E-state index in [2.05, 4.69) is 25.6 Å². The highest BCUT2D eigenvalue weighted by Gasteiger charge is 2.48. The number of alkyl halides is 6. The first-order valence-electron chi connectivity index (χ1n) is 11.1. The largest absolute Gasteiger partial charge is 0.437 e. The fraction of sp³-hybridized carbons (Fsp3) is 0.217. The van der Waals surface area contributed by atoms with Crippen molar-refractivity contribution in [3.63, 3.8) is 0 Å². The third kappa shape index (κ3) is 5.75. The van der Waals surface area contributed by atoms with Crippen molar-refractivity contribution in [1.82, 2.24) is 29.8 Å². The van der Waals surface area contributed by atoms with Crippen LogP contribution in [0.2, 0.25) is 5.02 Å². The average Bonchev–Trinajstić information content (AvgIpc) is 3.46. The van der Waals surface area contributed by atoms with E-state index in [1.54, 1.807) is 19.9 Å². The monoisotopic (exact) mass is 586 g/mol. The van der Waals surface area contributed by atoms with E-state index in [-0.39, 0.29) is 38.3 Å². The Balaban J connectivity index is 1.79. The van der Waals surface area contributed by atoms with Crippen molar-refractivity contribution in [2.75, 3.05) is 5.32 Å². The molecule has 0 spiro atoms. The van der Waals surface area contributed by atoms with Gasteiger partial charge in [-0.1, -0.05) is 17.7 Å². The lowest BCUT2D eigenvalue weighted by atomic mass is 10.0. The molecule has 0 saturated carbocycles. The molecule has 0 aliphatic heterocycles. The summed E-state index contributed by atoms with van der Waals surface area (Å²) in [6.07, 6.45) is -9.54. The molecule has 0 aliphatic carbocycles. The first kappa shape index (κ1) is 28.5. The molecule has 210 valence electrons. The highest BCUT2D eigenvalue weighted by molar-refractivity contribution is 6.32. The molecule has 0 saturated heterocycles. The number of nitrogens with zero attached hydrogens (tertiary/aromatic N) is 6. The van der Waals surface area contributed by atoms with Gasteiger partial charge in [-0.25, -0.2) is 9.67 Å². The van der Waals surface area contributed by atoms with Crippen LogP contribution in [0.3, 0.4) is 0 Å². The maximum absolute atomic E-state index is 13.4. The average molecular weight is 587 g/mol. The van der Waals surface area contributed by atoms with E-state index in [0.717, 1.165) is 10.7 Å². The third-order valence-electron chi connectivity index (χ3n) is 5.41. The van der Waals surface area contributed by atoms with Crippen molar-refractivity contribution >= 4 is 29.1 Å². The molecule has 4 aromatic rings. The Labute approximate surface area is 225 Å². The number of nitrogens with one attached hydrogen (secondary N) is 1. The van der Waals surface area contributed by atoms with Crippen molar-refractivity contribution < 1.29 is 35.9 Å². The molecule has 0 bridgehead atoms. The highest BCUT2D eigenvalue weighted by atomic mass is 35.5. The second kappa shape index (κ2) is 10.3. The van der Waals surface area contributed by atoms with Gasteiger partial charge in [-0.3, -0.25) is 9.59 Å². The van der Waals surface area contributed by atoms with Crippen molar-refractivity contribution in [1.29, 1.82) is 0 Å². The lowest BCUT2D eigenvalue weighted by Crippen LogP contribution is -2.22. The van der Waals surface area contributed by atoms with Crippen LogP contribution in [0.15, 0.2) is 36.5 Å². The van der Waals surface area contributed by atoms with E-state index in [1.165, 1.54) is 24.4 Å². The Morgan fingerprint density at radius 2 is 1.62 bits per heavy atom. The van der Waals surface area contributed by atoms with E-state index in [4.69, 9.17) is 17.3 Å². The minimum Gasteiger partial charge on any atom is -0.366 e. The number of benzene rings is 1. The molecule has 3 aromatic heterocycles. The molecule has 40 heavy (non-hydrogen) atoms. The molecule has 0 aliphatic rings. The van der Waals surface area contributed by atoms with Crippen LogP contribution < -0.4 is 11.1 Å². The number of rotatable bonds is 6. The van der Waals surface area contributed by atoms with Gasteiger partial charge in [-0.05, 0) is 49.2 Å². The van der Waals surface area contributed by atoms with Crippen LogP contribution >= 0.6 is 11.6 Å². The SMILES string of the molecule is Cc1cc(C)c(NC(=O)c2cc(Cn3nc(C(F)(F)F)c(C(F)(F)F)n3)nn2-c2ncccc2Cl)c(C(N)=O)c1. The molecule has 0 fully saturated rings. The summed E-state index contributed by atoms with van der Waals surface area (Å²) < 4.78 is 80.0. The number of amides is 2. The second-order valence-corrected chi connectivity index (χ2v) is 8.89. The van der Waals surface area contributed by atoms with E-state index < -0.39 is 42.1 Å². The minimum atomic E-state index is -5.43. The van der Waals surface area contributed by atoms with Gasteiger partial charge in [0.1, 0.15) is 12.2 Å². The summed E-state index contributed by atoms with van der Waals surface area (Å²) in [7, 11) is 0. The van der Waals surface area contributed by atoms with Crippen molar-refractivity contribution in [2.24, 2.45) is 5.73 Å². The molecule has 0 atom stereocenters. The Hall–Kier alpha value is -4.47. The van der Waals surface area contributed by atoms with Crippen LogP contribution in [-0.4, -0.2) is 41.6 Å². The number of aryl methyl sites for hydroxylation is 2. The molecule has 0 unspecified atom stereocenters. The van der Waals surface area contributed by atoms with Gasteiger partial charge >= 0.3 is 12.4 Å². The molecule has 3 N–H and O–H groups in total. The van der Waals surface area contributed by atoms with Crippen molar-refractivity contribution in [2.45, 2.75) is 32.7 Å². The third-order valence-corrected chi connectivity index (χ3v) is 5.71. The number of nitrogens with two attached hydrogens (primary N) is 1. The van der Waals surface area contributed by atoms with E-state index in [9.17, 15) is 35.9 Å². The molecule has 2 amide bonds. The van der Waals surface area contributed by atoms with Crippen LogP contribution in [0.25, 0.3) is 5.82 Å². The topological polar surface area (TPSA) is 134 Å².